The van der Waals surface area contributed by atoms with Gasteiger partial charge >= 0.3 is 6.09 Å². The molecular weight excluding hydrogens is 313 g/mol. The van der Waals surface area contributed by atoms with Gasteiger partial charge in [0.1, 0.15) is 5.60 Å². The molecule has 0 saturated carbocycles. The van der Waals surface area contributed by atoms with Crippen LogP contribution >= 0.6 is 23.2 Å². The van der Waals surface area contributed by atoms with Crippen LogP contribution in [0.25, 0.3) is 0 Å². The van der Waals surface area contributed by atoms with Crippen molar-refractivity contribution in [1.29, 1.82) is 0 Å². The van der Waals surface area contributed by atoms with Gasteiger partial charge in [-0.15, -0.1) is 0 Å². The molecule has 1 N–H and O–H groups in total. The summed E-state index contributed by atoms with van der Waals surface area (Å²) in [5.41, 5.74) is 0.710. The topological polar surface area (TPSA) is 55.4 Å². The number of hydrogen-bond donors (Lipinski definition) is 1. The van der Waals surface area contributed by atoms with Crippen molar-refractivity contribution >= 4 is 35.6 Å². The molecule has 0 fully saturated rings. The summed E-state index contributed by atoms with van der Waals surface area (Å²) in [5, 5.41) is 3.55. The van der Waals surface area contributed by atoms with Crippen LogP contribution in [0.1, 0.15) is 43.1 Å². The summed E-state index contributed by atoms with van der Waals surface area (Å²) in [7, 11) is 0. The largest absolute Gasteiger partial charge is 0.444 e. The molecule has 0 aliphatic carbocycles. The Kier molecular flexibility index (Phi) is 6.49. The standard InChI is InChI=1S/C15H19Cl2NO3/c1-15(2,3)21-14(20)18-6-4-5-10-7-13(17)11(9-19)8-12(10)16/h7-9H,4-6H2,1-3H3,(H,18,20). The van der Waals surface area contributed by atoms with Gasteiger partial charge in [-0.25, -0.2) is 4.79 Å². The molecule has 0 spiro atoms. The minimum absolute atomic E-state index is 0.372. The first kappa shape index (κ1) is 17.8. The van der Waals surface area contributed by atoms with Gasteiger partial charge in [0.15, 0.2) is 6.29 Å². The first-order chi connectivity index (χ1) is 9.73. The number of carbonyl (C=O) groups excluding carboxylic acids is 2. The number of carbonyl (C=O) groups is 2. The molecule has 0 bridgehead atoms. The van der Waals surface area contributed by atoms with E-state index in [1.54, 1.807) is 12.1 Å². The van der Waals surface area contributed by atoms with Crippen LogP contribution < -0.4 is 5.32 Å². The summed E-state index contributed by atoms with van der Waals surface area (Å²) in [4.78, 5) is 22.2. The van der Waals surface area contributed by atoms with Crippen LogP contribution in [-0.4, -0.2) is 24.5 Å². The predicted octanol–water partition coefficient (Wildman–Crippen LogP) is 4.26. The molecule has 0 unspecified atom stereocenters. The van der Waals surface area contributed by atoms with Crippen LogP contribution in [-0.2, 0) is 11.2 Å². The summed E-state index contributed by atoms with van der Waals surface area (Å²) in [6, 6.07) is 3.23. The monoisotopic (exact) mass is 331 g/mol. The fourth-order valence-corrected chi connectivity index (χ4v) is 2.17. The van der Waals surface area contributed by atoms with Gasteiger partial charge in [-0.3, -0.25) is 4.79 Å². The third-order valence-corrected chi connectivity index (χ3v) is 3.26. The molecule has 0 aliphatic rings. The van der Waals surface area contributed by atoms with E-state index in [4.69, 9.17) is 27.9 Å². The Morgan fingerprint density at radius 1 is 1.29 bits per heavy atom. The van der Waals surface area contributed by atoms with Crippen LogP contribution in [0.4, 0.5) is 4.79 Å². The third-order valence-electron chi connectivity index (χ3n) is 2.58. The summed E-state index contributed by atoms with van der Waals surface area (Å²) in [6.07, 6.45) is 1.56. The SMILES string of the molecule is CC(C)(C)OC(=O)NCCCc1cc(Cl)c(C=O)cc1Cl. The van der Waals surface area contributed by atoms with E-state index in [2.05, 4.69) is 5.32 Å². The fraction of sp³-hybridized carbons (Fsp3) is 0.467. The van der Waals surface area contributed by atoms with Crippen LogP contribution in [0.15, 0.2) is 12.1 Å². The average molecular weight is 332 g/mol. The van der Waals surface area contributed by atoms with Crippen LogP contribution in [0.3, 0.4) is 0 Å². The number of amides is 1. The minimum Gasteiger partial charge on any atom is -0.444 e. The second-order valence-corrected chi connectivity index (χ2v) is 6.43. The van der Waals surface area contributed by atoms with Gasteiger partial charge in [-0.1, -0.05) is 23.2 Å². The van der Waals surface area contributed by atoms with Crippen molar-refractivity contribution in [3.05, 3.63) is 33.3 Å². The molecule has 116 valence electrons. The van der Waals surface area contributed by atoms with Gasteiger partial charge in [0.25, 0.3) is 0 Å². The van der Waals surface area contributed by atoms with Gasteiger partial charge in [-0.05, 0) is 51.3 Å². The van der Waals surface area contributed by atoms with Crippen molar-refractivity contribution in [2.75, 3.05) is 6.54 Å². The zero-order chi connectivity index (χ0) is 16.0. The van der Waals surface area contributed by atoms with E-state index in [1.807, 2.05) is 20.8 Å². The molecule has 1 aromatic carbocycles. The van der Waals surface area contributed by atoms with E-state index in [0.717, 1.165) is 5.56 Å². The van der Waals surface area contributed by atoms with E-state index in [0.29, 0.717) is 41.3 Å². The number of alkyl carbamates (subject to hydrolysis) is 1. The predicted molar refractivity (Wildman–Crippen MR) is 84.4 cm³/mol. The number of ether oxygens (including phenoxy) is 1. The number of benzene rings is 1. The Labute approximate surface area is 134 Å². The van der Waals surface area contributed by atoms with Crippen molar-refractivity contribution in [1.82, 2.24) is 5.32 Å². The highest BCUT2D eigenvalue weighted by atomic mass is 35.5. The maximum Gasteiger partial charge on any atom is 0.407 e. The lowest BCUT2D eigenvalue weighted by molar-refractivity contribution is 0.0527. The first-order valence-electron chi connectivity index (χ1n) is 6.63. The number of nitrogens with one attached hydrogen (secondary N) is 1. The lowest BCUT2D eigenvalue weighted by Crippen LogP contribution is -2.33. The lowest BCUT2D eigenvalue weighted by Gasteiger charge is -2.19. The number of rotatable bonds is 5. The van der Waals surface area contributed by atoms with Crippen LogP contribution in [0, 0.1) is 0 Å². The van der Waals surface area contributed by atoms with E-state index in [9.17, 15) is 9.59 Å². The minimum atomic E-state index is -0.508. The van der Waals surface area contributed by atoms with Gasteiger partial charge in [0.05, 0.1) is 5.02 Å². The Morgan fingerprint density at radius 2 is 1.95 bits per heavy atom. The normalized spacial score (nSPS) is 11.1. The van der Waals surface area contributed by atoms with Crippen molar-refractivity contribution in [3.8, 4) is 0 Å². The van der Waals surface area contributed by atoms with E-state index < -0.39 is 11.7 Å². The highest BCUT2D eigenvalue weighted by Crippen LogP contribution is 2.25. The maximum atomic E-state index is 11.5. The van der Waals surface area contributed by atoms with Crippen LogP contribution in [0.2, 0.25) is 10.0 Å². The van der Waals surface area contributed by atoms with Gasteiger partial charge < -0.3 is 10.1 Å². The van der Waals surface area contributed by atoms with Crippen molar-refractivity contribution in [2.24, 2.45) is 0 Å². The highest BCUT2D eigenvalue weighted by Gasteiger charge is 2.15. The number of halogens is 2. The second kappa shape index (κ2) is 7.66. The second-order valence-electron chi connectivity index (χ2n) is 5.62. The highest BCUT2D eigenvalue weighted by molar-refractivity contribution is 6.35. The molecule has 0 heterocycles. The quantitative estimate of drug-likeness (QED) is 0.647. The molecule has 0 atom stereocenters. The van der Waals surface area contributed by atoms with Crippen molar-refractivity contribution < 1.29 is 14.3 Å². The Balaban J connectivity index is 2.45. The van der Waals surface area contributed by atoms with Crippen LogP contribution in [0.5, 0.6) is 0 Å². The van der Waals surface area contributed by atoms with Gasteiger partial charge in [0.2, 0.25) is 0 Å². The smallest absolute Gasteiger partial charge is 0.407 e. The first-order valence-corrected chi connectivity index (χ1v) is 7.38. The molecule has 0 aliphatic heterocycles. The summed E-state index contributed by atoms with van der Waals surface area (Å²) in [5.74, 6) is 0. The van der Waals surface area contributed by atoms with Gasteiger partial charge in [-0.2, -0.15) is 0 Å². The molecule has 1 amide bonds. The van der Waals surface area contributed by atoms with E-state index in [-0.39, 0.29) is 0 Å². The molecular formula is C15H19Cl2NO3. The van der Waals surface area contributed by atoms with E-state index >= 15 is 0 Å². The average Bonchev–Trinajstić information content (AvgIpc) is 2.35. The summed E-state index contributed by atoms with van der Waals surface area (Å²) in [6.45, 7) is 5.90. The molecule has 1 rings (SSSR count). The summed E-state index contributed by atoms with van der Waals surface area (Å²) >= 11 is 12.0. The van der Waals surface area contributed by atoms with Crippen molar-refractivity contribution in [3.63, 3.8) is 0 Å². The Hall–Kier alpha value is -1.26. The lowest BCUT2D eigenvalue weighted by atomic mass is 10.1. The van der Waals surface area contributed by atoms with E-state index in [1.165, 1.54) is 0 Å². The molecule has 1 aromatic rings. The van der Waals surface area contributed by atoms with Gasteiger partial charge in [0, 0.05) is 17.1 Å². The molecule has 0 aromatic heterocycles. The Bertz CT molecular complexity index is 524. The fourth-order valence-electron chi connectivity index (χ4n) is 1.67. The third kappa shape index (κ3) is 6.36. The maximum absolute atomic E-state index is 11.5. The zero-order valence-electron chi connectivity index (χ0n) is 12.3. The van der Waals surface area contributed by atoms with Crippen molar-refractivity contribution in [2.45, 2.75) is 39.2 Å². The number of aryl methyl sites for hydroxylation is 1. The molecule has 4 nitrogen and oxygen atoms in total. The molecule has 6 heteroatoms. The zero-order valence-corrected chi connectivity index (χ0v) is 13.8. The molecule has 0 saturated heterocycles. The number of aldehydes is 1. The summed E-state index contributed by atoms with van der Waals surface area (Å²) < 4.78 is 5.13. The Morgan fingerprint density at radius 3 is 2.52 bits per heavy atom. The number of hydrogen-bond acceptors (Lipinski definition) is 3. The molecule has 21 heavy (non-hydrogen) atoms. The molecule has 0 radical (unpaired) electrons.